The van der Waals surface area contributed by atoms with E-state index in [4.69, 9.17) is 0 Å². The average molecular weight is 586 g/mol. The van der Waals surface area contributed by atoms with E-state index >= 15 is 0 Å². The molecule has 0 spiro atoms. The van der Waals surface area contributed by atoms with Crippen LogP contribution < -0.4 is 0 Å². The van der Waals surface area contributed by atoms with Crippen molar-refractivity contribution in [1.82, 2.24) is 4.57 Å². The molecule has 1 heteroatoms. The number of nitrogens with zero attached hydrogens (tertiary/aromatic N) is 1. The van der Waals surface area contributed by atoms with Crippen molar-refractivity contribution in [2.45, 2.75) is 19.3 Å². The monoisotopic (exact) mass is 585 g/mol. The molecule has 0 amide bonds. The fourth-order valence-electron chi connectivity index (χ4n) is 8.49. The molecule has 1 aromatic heterocycles. The number of benzene rings is 8. The molecular weight excluding hydrogens is 555 g/mol. The molecule has 0 bridgehead atoms. The molecule has 1 heterocycles. The Morgan fingerprint density at radius 3 is 1.87 bits per heavy atom. The van der Waals surface area contributed by atoms with Gasteiger partial charge in [0.25, 0.3) is 0 Å². The standard InChI is InChI=1S/C45H31N/c1-45(2)39-22-12-10-18-32(39)33-25-24-28(26-40(33)45)37-27-38-31-17-7-9-20-35(31)44-43(42(38)34-19-8-6-16-30(34)37)36-21-11-13-23-41(36)46(44)29-14-4-3-5-15-29/h3-27H,1-2H3. The molecular formula is C45H31N. The van der Waals surface area contributed by atoms with Crippen molar-refractivity contribution in [3.8, 4) is 27.9 Å². The highest BCUT2D eigenvalue weighted by atomic mass is 15.0. The number of aromatic nitrogens is 1. The Balaban J connectivity index is 1.37. The molecule has 8 aromatic carbocycles. The minimum Gasteiger partial charge on any atom is -0.309 e. The van der Waals surface area contributed by atoms with Crippen LogP contribution in [0.4, 0.5) is 0 Å². The average Bonchev–Trinajstić information content (AvgIpc) is 3.57. The highest BCUT2D eigenvalue weighted by Crippen LogP contribution is 2.51. The zero-order valence-corrected chi connectivity index (χ0v) is 25.9. The third-order valence-electron chi connectivity index (χ3n) is 10.6. The van der Waals surface area contributed by atoms with Crippen LogP contribution in [0.5, 0.6) is 0 Å². The lowest BCUT2D eigenvalue weighted by atomic mass is 9.81. The Bertz CT molecular complexity index is 2710. The van der Waals surface area contributed by atoms with E-state index in [9.17, 15) is 0 Å². The van der Waals surface area contributed by atoms with Crippen molar-refractivity contribution in [3.63, 3.8) is 0 Å². The topological polar surface area (TPSA) is 4.93 Å². The van der Waals surface area contributed by atoms with Gasteiger partial charge in [0.2, 0.25) is 0 Å². The van der Waals surface area contributed by atoms with Crippen molar-refractivity contribution in [1.29, 1.82) is 0 Å². The van der Waals surface area contributed by atoms with Crippen LogP contribution in [-0.2, 0) is 5.41 Å². The van der Waals surface area contributed by atoms with Crippen LogP contribution in [0.2, 0.25) is 0 Å². The molecule has 0 atom stereocenters. The molecule has 9 aromatic rings. The number of rotatable bonds is 2. The highest BCUT2D eigenvalue weighted by Gasteiger charge is 2.35. The first kappa shape index (κ1) is 25.6. The molecule has 0 radical (unpaired) electrons. The Hall–Kier alpha value is -5.66. The summed E-state index contributed by atoms with van der Waals surface area (Å²) in [7, 11) is 0. The summed E-state index contributed by atoms with van der Waals surface area (Å²) < 4.78 is 2.47. The smallest absolute Gasteiger partial charge is 0.0626 e. The summed E-state index contributed by atoms with van der Waals surface area (Å²) in [6.07, 6.45) is 0. The van der Waals surface area contributed by atoms with E-state index in [0.717, 1.165) is 0 Å². The van der Waals surface area contributed by atoms with Crippen LogP contribution in [0.15, 0.2) is 152 Å². The first-order chi connectivity index (χ1) is 22.6. The third kappa shape index (κ3) is 3.30. The summed E-state index contributed by atoms with van der Waals surface area (Å²) >= 11 is 0. The highest BCUT2D eigenvalue weighted by molar-refractivity contribution is 6.38. The van der Waals surface area contributed by atoms with Crippen LogP contribution in [0.1, 0.15) is 25.0 Å². The van der Waals surface area contributed by atoms with Crippen LogP contribution in [0.3, 0.4) is 0 Å². The second kappa shape index (κ2) is 9.19. The normalized spacial score (nSPS) is 13.6. The molecule has 1 aliphatic rings. The fourth-order valence-corrected chi connectivity index (χ4v) is 8.49. The molecule has 46 heavy (non-hydrogen) atoms. The Morgan fingerprint density at radius 2 is 1.04 bits per heavy atom. The Kier molecular flexibility index (Phi) is 5.12. The van der Waals surface area contributed by atoms with Crippen LogP contribution in [-0.4, -0.2) is 4.57 Å². The van der Waals surface area contributed by atoms with Crippen molar-refractivity contribution < 1.29 is 0 Å². The number of hydrogen-bond acceptors (Lipinski definition) is 0. The summed E-state index contributed by atoms with van der Waals surface area (Å²) in [6.45, 7) is 4.74. The molecule has 1 nitrogen and oxygen atoms in total. The minimum atomic E-state index is -0.0489. The second-order valence-corrected chi connectivity index (χ2v) is 13.3. The molecule has 0 saturated heterocycles. The van der Waals surface area contributed by atoms with E-state index in [-0.39, 0.29) is 5.41 Å². The van der Waals surface area contributed by atoms with E-state index in [1.54, 1.807) is 0 Å². The van der Waals surface area contributed by atoms with Crippen LogP contribution >= 0.6 is 0 Å². The summed E-state index contributed by atoms with van der Waals surface area (Å²) in [6, 6.07) is 56.3. The first-order valence-corrected chi connectivity index (χ1v) is 16.2. The van der Waals surface area contributed by atoms with Gasteiger partial charge < -0.3 is 4.57 Å². The van der Waals surface area contributed by atoms with Crippen molar-refractivity contribution in [2.75, 3.05) is 0 Å². The zero-order chi connectivity index (χ0) is 30.6. The summed E-state index contributed by atoms with van der Waals surface area (Å²) in [5.74, 6) is 0. The molecule has 0 aliphatic heterocycles. The van der Waals surface area contributed by atoms with Gasteiger partial charge in [-0.3, -0.25) is 0 Å². The molecule has 10 rings (SSSR count). The predicted molar refractivity (Wildman–Crippen MR) is 196 cm³/mol. The van der Waals surface area contributed by atoms with E-state index in [2.05, 4.69) is 170 Å². The van der Waals surface area contributed by atoms with Gasteiger partial charge in [0.15, 0.2) is 0 Å². The van der Waals surface area contributed by atoms with Gasteiger partial charge in [-0.25, -0.2) is 0 Å². The third-order valence-corrected chi connectivity index (χ3v) is 10.6. The van der Waals surface area contributed by atoms with Crippen molar-refractivity contribution in [2.24, 2.45) is 0 Å². The lowest BCUT2D eigenvalue weighted by Gasteiger charge is -2.22. The van der Waals surface area contributed by atoms with E-state index in [1.807, 2.05) is 0 Å². The maximum Gasteiger partial charge on any atom is 0.0626 e. The van der Waals surface area contributed by atoms with Gasteiger partial charge in [-0.2, -0.15) is 0 Å². The summed E-state index contributed by atoms with van der Waals surface area (Å²) in [5, 5.41) is 10.4. The Morgan fingerprint density at radius 1 is 0.413 bits per heavy atom. The van der Waals surface area contributed by atoms with Crippen LogP contribution in [0.25, 0.3) is 82.1 Å². The van der Waals surface area contributed by atoms with Gasteiger partial charge in [-0.15, -0.1) is 0 Å². The molecule has 216 valence electrons. The van der Waals surface area contributed by atoms with E-state index < -0.39 is 0 Å². The zero-order valence-electron chi connectivity index (χ0n) is 25.9. The minimum absolute atomic E-state index is 0.0489. The second-order valence-electron chi connectivity index (χ2n) is 13.3. The number of hydrogen-bond donors (Lipinski definition) is 0. The maximum atomic E-state index is 2.48. The predicted octanol–water partition coefficient (Wildman–Crippen LogP) is 12.2. The van der Waals surface area contributed by atoms with Gasteiger partial charge in [0.1, 0.15) is 0 Å². The van der Waals surface area contributed by atoms with Gasteiger partial charge in [-0.05, 0) is 85.3 Å². The van der Waals surface area contributed by atoms with Crippen molar-refractivity contribution in [3.05, 3.63) is 163 Å². The molecule has 0 unspecified atom stereocenters. The van der Waals surface area contributed by atoms with Crippen molar-refractivity contribution >= 4 is 54.1 Å². The van der Waals surface area contributed by atoms with Crippen LogP contribution in [0, 0.1) is 0 Å². The molecule has 0 fully saturated rings. The first-order valence-electron chi connectivity index (χ1n) is 16.2. The van der Waals surface area contributed by atoms with E-state index in [0.29, 0.717) is 0 Å². The van der Waals surface area contributed by atoms with E-state index in [1.165, 1.54) is 93.2 Å². The summed E-state index contributed by atoms with van der Waals surface area (Å²) in [5.41, 5.74) is 11.7. The molecule has 0 N–H and O–H groups in total. The van der Waals surface area contributed by atoms with Gasteiger partial charge in [-0.1, -0.05) is 135 Å². The Labute approximate surface area is 268 Å². The maximum absolute atomic E-state index is 2.48. The molecule has 0 saturated carbocycles. The largest absolute Gasteiger partial charge is 0.309 e. The van der Waals surface area contributed by atoms with Gasteiger partial charge >= 0.3 is 0 Å². The quantitative estimate of drug-likeness (QED) is 0.178. The number of fused-ring (bicyclic) bond motifs is 13. The van der Waals surface area contributed by atoms with Gasteiger partial charge in [0.05, 0.1) is 11.0 Å². The fraction of sp³-hybridized carbons (Fsp3) is 0.0667. The molecule has 1 aliphatic carbocycles. The lowest BCUT2D eigenvalue weighted by molar-refractivity contribution is 0.660. The van der Waals surface area contributed by atoms with Gasteiger partial charge in [0, 0.05) is 32.6 Å². The lowest BCUT2D eigenvalue weighted by Crippen LogP contribution is -2.14. The SMILES string of the molecule is CC1(C)c2ccccc2-c2ccc(-c3cc4c5ccccc5c5c(c6ccccc6n5-c5ccccc5)c4c4ccccc34)cc21. The number of para-hydroxylation sites is 2. The summed E-state index contributed by atoms with van der Waals surface area (Å²) in [4.78, 5) is 0.